The van der Waals surface area contributed by atoms with Gasteiger partial charge in [-0.15, -0.1) is 0 Å². The molecule has 0 spiro atoms. The molecule has 0 aliphatic heterocycles. The van der Waals surface area contributed by atoms with Gasteiger partial charge in [-0.05, 0) is 50.2 Å². The first-order valence-corrected chi connectivity index (χ1v) is 8.64. The van der Waals surface area contributed by atoms with E-state index in [0.717, 1.165) is 49.4 Å². The molecule has 25 heavy (non-hydrogen) atoms. The number of nitrogens with zero attached hydrogens (tertiary/aromatic N) is 2. The van der Waals surface area contributed by atoms with E-state index in [2.05, 4.69) is 10.4 Å². The topological polar surface area (TPSA) is 72.9 Å². The molecule has 1 unspecified atom stereocenters. The predicted molar refractivity (Wildman–Crippen MR) is 88.5 cm³/mol. The first-order chi connectivity index (χ1) is 12.0. The van der Waals surface area contributed by atoms with E-state index in [-0.39, 0.29) is 11.9 Å². The molecule has 2 aromatic rings. The monoisotopic (exact) mass is 346 g/mol. The number of nitrogens with one attached hydrogen (secondary N) is 1. The molecule has 1 aromatic carbocycles. The van der Waals surface area contributed by atoms with E-state index in [4.69, 9.17) is 5.73 Å². The molecule has 3 N–H and O–H groups in total. The number of halogens is 2. The molecule has 0 bridgehead atoms. The highest BCUT2D eigenvalue weighted by molar-refractivity contribution is 5.94. The summed E-state index contributed by atoms with van der Waals surface area (Å²) in [6.07, 6.45) is 4.60. The molecule has 1 atom stereocenters. The third-order valence-electron chi connectivity index (χ3n) is 4.96. The molecular formula is C18H20F2N4O. The van der Waals surface area contributed by atoms with Gasteiger partial charge in [-0.3, -0.25) is 4.79 Å². The van der Waals surface area contributed by atoms with Gasteiger partial charge in [-0.2, -0.15) is 5.10 Å². The van der Waals surface area contributed by atoms with Crippen molar-refractivity contribution in [3.8, 4) is 5.69 Å². The highest BCUT2D eigenvalue weighted by atomic mass is 19.1. The summed E-state index contributed by atoms with van der Waals surface area (Å²) >= 11 is 0. The van der Waals surface area contributed by atoms with E-state index in [1.165, 1.54) is 16.8 Å². The second-order valence-electron chi connectivity index (χ2n) is 6.88. The van der Waals surface area contributed by atoms with Crippen LogP contribution in [-0.2, 0) is 12.8 Å². The molecule has 5 nitrogen and oxygen atoms in total. The molecule has 7 heteroatoms. The van der Waals surface area contributed by atoms with Crippen LogP contribution in [0.5, 0.6) is 0 Å². The maximum Gasteiger partial charge on any atom is 0.272 e. The lowest BCUT2D eigenvalue weighted by atomic mass is 10.1. The van der Waals surface area contributed by atoms with E-state index in [1.54, 1.807) is 0 Å². The fourth-order valence-electron chi connectivity index (χ4n) is 3.48. The third-order valence-corrected chi connectivity index (χ3v) is 4.96. The molecule has 132 valence electrons. The number of hydrogen-bond acceptors (Lipinski definition) is 3. The molecule has 2 aliphatic carbocycles. The minimum absolute atomic E-state index is 0.0311. The number of aromatic nitrogens is 2. The van der Waals surface area contributed by atoms with Gasteiger partial charge in [0.25, 0.3) is 5.91 Å². The van der Waals surface area contributed by atoms with Crippen LogP contribution in [0.3, 0.4) is 0 Å². The Kier molecular flexibility index (Phi) is 4.03. The highest BCUT2D eigenvalue weighted by Crippen LogP contribution is 2.31. The predicted octanol–water partition coefficient (Wildman–Crippen LogP) is 2.11. The summed E-state index contributed by atoms with van der Waals surface area (Å²) in [5.41, 5.74) is 8.37. The summed E-state index contributed by atoms with van der Waals surface area (Å²) < 4.78 is 28.6. The number of carbonyl (C=O) groups is 1. The smallest absolute Gasteiger partial charge is 0.272 e. The van der Waals surface area contributed by atoms with Crippen LogP contribution in [0.25, 0.3) is 5.69 Å². The maximum atomic E-state index is 13.5. The van der Waals surface area contributed by atoms with Crippen molar-refractivity contribution in [3.63, 3.8) is 0 Å². The van der Waals surface area contributed by atoms with Crippen molar-refractivity contribution in [1.29, 1.82) is 0 Å². The average molecular weight is 346 g/mol. The van der Waals surface area contributed by atoms with Gasteiger partial charge < -0.3 is 11.1 Å². The SMILES string of the molecule is NC(CNC(=O)c1nn(-c2cc(F)cc(F)c2)c2c1CCC2)C1CC1. The Hall–Kier alpha value is -2.28. The minimum Gasteiger partial charge on any atom is -0.349 e. The average Bonchev–Trinajstić information content (AvgIpc) is 3.19. The molecule has 1 amide bonds. The summed E-state index contributed by atoms with van der Waals surface area (Å²) in [7, 11) is 0. The van der Waals surface area contributed by atoms with Crippen molar-refractivity contribution in [3.05, 3.63) is 46.8 Å². The van der Waals surface area contributed by atoms with Crippen molar-refractivity contribution < 1.29 is 13.6 Å². The second-order valence-corrected chi connectivity index (χ2v) is 6.88. The molecule has 4 rings (SSSR count). The van der Waals surface area contributed by atoms with Gasteiger partial charge >= 0.3 is 0 Å². The van der Waals surface area contributed by atoms with Crippen LogP contribution in [0.15, 0.2) is 18.2 Å². The first kappa shape index (κ1) is 16.2. The number of nitrogens with two attached hydrogens (primary N) is 1. The Morgan fingerprint density at radius 3 is 2.68 bits per heavy atom. The normalized spacial score (nSPS) is 17.4. The molecule has 1 fully saturated rings. The van der Waals surface area contributed by atoms with Gasteiger partial charge in [0.15, 0.2) is 5.69 Å². The largest absolute Gasteiger partial charge is 0.349 e. The Morgan fingerprint density at radius 2 is 2.00 bits per heavy atom. The standard InChI is InChI=1S/C18H20F2N4O/c19-11-6-12(20)8-13(7-11)24-16-3-1-2-14(16)17(23-24)18(25)22-9-15(21)10-4-5-10/h6-8,10,15H,1-5,9,21H2,(H,22,25). The van der Waals surface area contributed by atoms with E-state index in [9.17, 15) is 13.6 Å². The zero-order chi connectivity index (χ0) is 17.6. The van der Waals surface area contributed by atoms with Gasteiger partial charge in [0.2, 0.25) is 0 Å². The molecule has 0 radical (unpaired) electrons. The lowest BCUT2D eigenvalue weighted by molar-refractivity contribution is 0.0944. The molecular weight excluding hydrogens is 326 g/mol. The Bertz CT molecular complexity index is 808. The molecule has 1 saturated carbocycles. The van der Waals surface area contributed by atoms with E-state index in [1.807, 2.05) is 0 Å². The van der Waals surface area contributed by atoms with Crippen LogP contribution in [0.1, 0.15) is 41.0 Å². The quantitative estimate of drug-likeness (QED) is 0.871. The Balaban J connectivity index is 1.62. The number of rotatable bonds is 5. The van der Waals surface area contributed by atoms with Gasteiger partial charge in [-0.1, -0.05) is 0 Å². The summed E-state index contributed by atoms with van der Waals surface area (Å²) in [6, 6.07) is 3.23. The molecule has 1 heterocycles. The second kappa shape index (κ2) is 6.22. The minimum atomic E-state index is -0.668. The van der Waals surface area contributed by atoms with Crippen LogP contribution in [0.2, 0.25) is 0 Å². The maximum absolute atomic E-state index is 13.5. The van der Waals surface area contributed by atoms with Gasteiger partial charge in [0.05, 0.1) is 5.69 Å². The number of hydrogen-bond donors (Lipinski definition) is 2. The third kappa shape index (κ3) is 3.16. The fourth-order valence-corrected chi connectivity index (χ4v) is 3.48. The van der Waals surface area contributed by atoms with Crippen LogP contribution < -0.4 is 11.1 Å². The first-order valence-electron chi connectivity index (χ1n) is 8.64. The van der Waals surface area contributed by atoms with E-state index in [0.29, 0.717) is 23.8 Å². The lowest BCUT2D eigenvalue weighted by Crippen LogP contribution is -2.39. The molecule has 1 aromatic heterocycles. The van der Waals surface area contributed by atoms with Gasteiger partial charge in [0, 0.05) is 29.9 Å². The number of benzene rings is 1. The zero-order valence-corrected chi connectivity index (χ0v) is 13.8. The number of fused-ring (bicyclic) bond motifs is 1. The highest BCUT2D eigenvalue weighted by Gasteiger charge is 2.30. The van der Waals surface area contributed by atoms with E-state index < -0.39 is 11.6 Å². The number of carbonyl (C=O) groups excluding carboxylic acids is 1. The van der Waals surface area contributed by atoms with Crippen molar-refractivity contribution in [2.75, 3.05) is 6.54 Å². The van der Waals surface area contributed by atoms with Crippen LogP contribution >= 0.6 is 0 Å². The van der Waals surface area contributed by atoms with Crippen molar-refractivity contribution >= 4 is 5.91 Å². The molecule has 2 aliphatic rings. The summed E-state index contributed by atoms with van der Waals surface area (Å²) in [5, 5.41) is 7.20. The van der Waals surface area contributed by atoms with E-state index >= 15 is 0 Å². The summed E-state index contributed by atoms with van der Waals surface area (Å²) in [5.74, 6) is -1.11. The van der Waals surface area contributed by atoms with Gasteiger partial charge in [-0.25, -0.2) is 13.5 Å². The van der Waals surface area contributed by atoms with Crippen molar-refractivity contribution in [2.24, 2.45) is 11.7 Å². The van der Waals surface area contributed by atoms with Crippen LogP contribution in [0, 0.1) is 17.6 Å². The lowest BCUT2D eigenvalue weighted by Gasteiger charge is -2.11. The summed E-state index contributed by atoms with van der Waals surface area (Å²) in [6.45, 7) is 0.416. The zero-order valence-electron chi connectivity index (χ0n) is 13.8. The van der Waals surface area contributed by atoms with Crippen molar-refractivity contribution in [2.45, 2.75) is 38.1 Å². The Morgan fingerprint density at radius 1 is 1.28 bits per heavy atom. The van der Waals surface area contributed by atoms with Gasteiger partial charge in [0.1, 0.15) is 11.6 Å². The van der Waals surface area contributed by atoms with Crippen LogP contribution in [0.4, 0.5) is 8.78 Å². The van der Waals surface area contributed by atoms with Crippen LogP contribution in [-0.4, -0.2) is 28.3 Å². The Labute approximate surface area is 144 Å². The summed E-state index contributed by atoms with van der Waals surface area (Å²) in [4.78, 5) is 12.5. The number of amides is 1. The van der Waals surface area contributed by atoms with Crippen molar-refractivity contribution in [1.82, 2.24) is 15.1 Å². The molecule has 0 saturated heterocycles. The fraction of sp³-hybridized carbons (Fsp3) is 0.444.